The predicted octanol–water partition coefficient (Wildman–Crippen LogP) is 11.2. The smallest absolute Gasteiger partial charge is 0.0488 e. The highest BCUT2D eigenvalue weighted by Crippen LogP contribution is 2.39. The lowest BCUT2D eigenvalue weighted by Crippen LogP contribution is -2.09. The van der Waals surface area contributed by atoms with Crippen molar-refractivity contribution in [3.8, 4) is 0 Å². The lowest BCUT2D eigenvalue weighted by atomic mass is 9.82. The highest BCUT2D eigenvalue weighted by atomic mass is 15.0. The molecule has 0 N–H and O–H groups in total. The number of benzene rings is 1. The maximum absolute atomic E-state index is 4.27. The number of nitrogens with zero attached hydrogens (tertiary/aromatic N) is 1. The molecule has 3 atom stereocenters. The van der Waals surface area contributed by atoms with Crippen LogP contribution >= 0.6 is 0 Å². The monoisotopic (exact) mass is 489 g/mol. The first kappa shape index (κ1) is 28.8. The van der Waals surface area contributed by atoms with Crippen molar-refractivity contribution < 1.29 is 0 Å². The molecule has 200 valence electrons. The van der Waals surface area contributed by atoms with E-state index in [0.717, 1.165) is 18.4 Å². The topological polar surface area (TPSA) is 4.93 Å². The van der Waals surface area contributed by atoms with E-state index in [4.69, 9.17) is 0 Å². The fourth-order valence-electron chi connectivity index (χ4n) is 6.88. The number of allylic oxidation sites excluding steroid dienone is 2. The molecule has 2 aromatic rings. The SMILES string of the molecule is C=CC(=Cc1c(C)n(CCCCCCC)c2ccc(C(C)C(CC)CCC)cc12)C(C)C1CCCC1. The van der Waals surface area contributed by atoms with E-state index in [0.29, 0.717) is 11.8 Å². The van der Waals surface area contributed by atoms with Gasteiger partial charge in [0.1, 0.15) is 0 Å². The molecule has 0 radical (unpaired) electrons. The Bertz CT molecular complexity index is 984. The van der Waals surface area contributed by atoms with Gasteiger partial charge in [-0.2, -0.15) is 0 Å². The minimum atomic E-state index is 0.591. The largest absolute Gasteiger partial charge is 0.344 e. The number of aromatic nitrogens is 1. The second-order valence-electron chi connectivity index (χ2n) is 11.8. The molecule has 3 rings (SSSR count). The maximum atomic E-state index is 4.27. The van der Waals surface area contributed by atoms with Gasteiger partial charge in [0.15, 0.2) is 0 Å². The molecule has 1 nitrogen and oxygen atoms in total. The van der Waals surface area contributed by atoms with Crippen LogP contribution in [-0.2, 0) is 6.54 Å². The molecule has 1 fully saturated rings. The quantitative estimate of drug-likeness (QED) is 0.173. The maximum Gasteiger partial charge on any atom is 0.0488 e. The molecule has 1 aliphatic rings. The zero-order valence-corrected chi connectivity index (χ0v) is 24.5. The summed E-state index contributed by atoms with van der Waals surface area (Å²) in [5.41, 5.74) is 7.25. The summed E-state index contributed by atoms with van der Waals surface area (Å²) < 4.78 is 2.62. The van der Waals surface area contributed by atoms with Gasteiger partial charge in [-0.15, -0.1) is 0 Å². The third kappa shape index (κ3) is 6.76. The molecule has 1 heterocycles. The van der Waals surface area contributed by atoms with Gasteiger partial charge in [0.05, 0.1) is 0 Å². The molecular weight excluding hydrogens is 434 g/mol. The van der Waals surface area contributed by atoms with E-state index in [-0.39, 0.29) is 0 Å². The first-order chi connectivity index (χ1) is 17.5. The highest BCUT2D eigenvalue weighted by molar-refractivity contribution is 5.92. The molecule has 0 spiro atoms. The van der Waals surface area contributed by atoms with Crippen LogP contribution in [0.5, 0.6) is 0 Å². The van der Waals surface area contributed by atoms with Crippen molar-refractivity contribution in [3.05, 3.63) is 53.2 Å². The van der Waals surface area contributed by atoms with Crippen LogP contribution in [0.1, 0.15) is 134 Å². The molecule has 36 heavy (non-hydrogen) atoms. The molecular formula is C35H55N. The van der Waals surface area contributed by atoms with Crippen LogP contribution in [0.3, 0.4) is 0 Å². The van der Waals surface area contributed by atoms with Gasteiger partial charge in [-0.1, -0.05) is 111 Å². The van der Waals surface area contributed by atoms with Crippen molar-refractivity contribution >= 4 is 17.0 Å². The number of aryl methyl sites for hydroxylation is 1. The van der Waals surface area contributed by atoms with Crippen molar-refractivity contribution in [3.63, 3.8) is 0 Å². The molecule has 1 aliphatic carbocycles. The van der Waals surface area contributed by atoms with E-state index < -0.39 is 0 Å². The summed E-state index contributed by atoms with van der Waals surface area (Å²) in [4.78, 5) is 0. The summed E-state index contributed by atoms with van der Waals surface area (Å²) >= 11 is 0. The minimum Gasteiger partial charge on any atom is -0.344 e. The van der Waals surface area contributed by atoms with Crippen LogP contribution in [0, 0.1) is 24.7 Å². The fraction of sp³-hybridized carbons (Fsp3) is 0.657. The van der Waals surface area contributed by atoms with Gasteiger partial charge in [-0.25, -0.2) is 0 Å². The van der Waals surface area contributed by atoms with Gasteiger partial charge in [0.25, 0.3) is 0 Å². The summed E-state index contributed by atoms with van der Waals surface area (Å²) in [5.74, 6) is 2.77. The minimum absolute atomic E-state index is 0.591. The molecule has 1 heteroatoms. The van der Waals surface area contributed by atoms with Gasteiger partial charge < -0.3 is 4.57 Å². The van der Waals surface area contributed by atoms with Crippen molar-refractivity contribution in [2.75, 3.05) is 0 Å². The summed E-state index contributed by atoms with van der Waals surface area (Å²) in [6, 6.07) is 7.41. The normalized spacial score (nSPS) is 17.6. The Labute approximate surface area is 223 Å². The van der Waals surface area contributed by atoms with Crippen LogP contribution in [-0.4, -0.2) is 4.57 Å². The van der Waals surface area contributed by atoms with Crippen LogP contribution < -0.4 is 0 Å². The van der Waals surface area contributed by atoms with E-state index in [1.54, 1.807) is 0 Å². The van der Waals surface area contributed by atoms with E-state index in [1.165, 1.54) is 110 Å². The van der Waals surface area contributed by atoms with Gasteiger partial charge in [0.2, 0.25) is 0 Å². The van der Waals surface area contributed by atoms with Crippen LogP contribution in [0.25, 0.3) is 17.0 Å². The molecule has 1 saturated carbocycles. The summed E-state index contributed by atoms with van der Waals surface area (Å²) in [7, 11) is 0. The zero-order valence-electron chi connectivity index (χ0n) is 24.5. The Balaban J connectivity index is 2.04. The number of rotatable bonds is 15. The third-order valence-electron chi connectivity index (χ3n) is 9.48. The van der Waals surface area contributed by atoms with Gasteiger partial charge in [0, 0.05) is 28.7 Å². The van der Waals surface area contributed by atoms with Crippen molar-refractivity contribution in [2.24, 2.45) is 17.8 Å². The summed E-state index contributed by atoms with van der Waals surface area (Å²) in [6.07, 6.45) is 20.7. The Morgan fingerprint density at radius 3 is 2.39 bits per heavy atom. The van der Waals surface area contributed by atoms with Gasteiger partial charge >= 0.3 is 0 Å². The Morgan fingerprint density at radius 1 is 1.03 bits per heavy atom. The second kappa shape index (κ2) is 14.3. The lowest BCUT2D eigenvalue weighted by molar-refractivity contribution is 0.398. The molecule has 1 aromatic carbocycles. The van der Waals surface area contributed by atoms with E-state index >= 15 is 0 Å². The Hall–Kier alpha value is -1.76. The lowest BCUT2D eigenvalue weighted by Gasteiger charge is -2.23. The van der Waals surface area contributed by atoms with Gasteiger partial charge in [-0.05, 0) is 79.2 Å². The van der Waals surface area contributed by atoms with Crippen LogP contribution in [0.15, 0.2) is 36.4 Å². The molecule has 3 unspecified atom stereocenters. The molecule has 0 amide bonds. The number of hydrogen-bond donors (Lipinski definition) is 0. The number of hydrogen-bond acceptors (Lipinski definition) is 0. The highest BCUT2D eigenvalue weighted by Gasteiger charge is 2.24. The predicted molar refractivity (Wildman–Crippen MR) is 162 cm³/mol. The first-order valence-electron chi connectivity index (χ1n) is 15.4. The van der Waals surface area contributed by atoms with E-state index in [9.17, 15) is 0 Å². The van der Waals surface area contributed by atoms with Gasteiger partial charge in [-0.3, -0.25) is 0 Å². The molecule has 1 aromatic heterocycles. The van der Waals surface area contributed by atoms with Crippen molar-refractivity contribution in [1.82, 2.24) is 4.57 Å². The van der Waals surface area contributed by atoms with E-state index in [2.05, 4.69) is 83.0 Å². The fourth-order valence-corrected chi connectivity index (χ4v) is 6.88. The third-order valence-corrected chi connectivity index (χ3v) is 9.48. The van der Waals surface area contributed by atoms with Crippen molar-refractivity contribution in [2.45, 2.75) is 131 Å². The van der Waals surface area contributed by atoms with E-state index in [1.807, 2.05) is 0 Å². The standard InChI is InChI=1S/C35H55N/c1-8-12-13-14-17-23-36-28(7)33(24-30(11-4)27(6)31-19-15-16-20-31)34-25-32(21-22-35(34)36)26(5)29(10-3)18-9-2/h11,21-22,24-27,29,31H,4,8-10,12-20,23H2,1-3,5-7H3. The number of fused-ring (bicyclic) bond motifs is 1. The summed E-state index contributed by atoms with van der Waals surface area (Å²) in [6.45, 7) is 19.6. The summed E-state index contributed by atoms with van der Waals surface area (Å²) in [5, 5.41) is 1.45. The first-order valence-corrected chi connectivity index (χ1v) is 15.4. The number of unbranched alkanes of at least 4 members (excludes halogenated alkanes) is 4. The van der Waals surface area contributed by atoms with Crippen molar-refractivity contribution in [1.29, 1.82) is 0 Å². The molecule has 0 aliphatic heterocycles. The second-order valence-corrected chi connectivity index (χ2v) is 11.8. The average Bonchev–Trinajstić information content (AvgIpc) is 3.52. The molecule has 0 saturated heterocycles. The zero-order chi connectivity index (χ0) is 26.1. The molecule has 0 bridgehead atoms. The van der Waals surface area contributed by atoms with Crippen LogP contribution in [0.2, 0.25) is 0 Å². The average molecular weight is 490 g/mol. The Kier molecular flexibility index (Phi) is 11.4. The van der Waals surface area contributed by atoms with Crippen LogP contribution in [0.4, 0.5) is 0 Å². The Morgan fingerprint density at radius 2 is 1.75 bits per heavy atom.